The number of aromatic nitrogens is 2. The molecule has 2 aliphatic heterocycles. The van der Waals surface area contributed by atoms with Crippen molar-refractivity contribution in [3.05, 3.63) is 70.0 Å². The van der Waals surface area contributed by atoms with Gasteiger partial charge >= 0.3 is 0 Å². The number of amides is 1. The SMILES string of the molecule is O=C(CSc1nc2cc(C(=O)NC[C@H]3CCCO3)ccc2c(=O)n1C[C@@H]1CCCO1)c1ccccc1. The van der Waals surface area contributed by atoms with Gasteiger partial charge < -0.3 is 14.8 Å². The van der Waals surface area contributed by atoms with E-state index in [1.807, 2.05) is 18.2 Å². The number of hydrogen-bond acceptors (Lipinski definition) is 7. The first kappa shape index (κ1) is 24.7. The largest absolute Gasteiger partial charge is 0.376 e. The number of hydrogen-bond donors (Lipinski definition) is 1. The van der Waals surface area contributed by atoms with Crippen molar-refractivity contribution in [1.82, 2.24) is 14.9 Å². The molecule has 0 spiro atoms. The van der Waals surface area contributed by atoms with Crippen molar-refractivity contribution < 1.29 is 19.1 Å². The third-order valence-corrected chi connectivity index (χ3v) is 7.51. The first-order valence-corrected chi connectivity index (χ1v) is 13.3. The highest BCUT2D eigenvalue weighted by Gasteiger charge is 2.22. The van der Waals surface area contributed by atoms with Crippen LogP contribution in [-0.4, -0.2) is 59.0 Å². The lowest BCUT2D eigenvalue weighted by Gasteiger charge is -2.17. The number of fused-ring (bicyclic) bond motifs is 1. The second kappa shape index (κ2) is 11.4. The third-order valence-electron chi connectivity index (χ3n) is 6.54. The number of benzene rings is 2. The summed E-state index contributed by atoms with van der Waals surface area (Å²) in [7, 11) is 0. The van der Waals surface area contributed by atoms with Crippen LogP contribution in [0.1, 0.15) is 46.4 Å². The smallest absolute Gasteiger partial charge is 0.262 e. The number of ether oxygens (including phenoxy) is 2. The maximum absolute atomic E-state index is 13.5. The number of thioether (sulfide) groups is 1. The third kappa shape index (κ3) is 5.69. The molecule has 0 aliphatic carbocycles. The van der Waals surface area contributed by atoms with Gasteiger partial charge in [0.2, 0.25) is 0 Å². The Hall–Kier alpha value is -3.01. The molecule has 2 fully saturated rings. The summed E-state index contributed by atoms with van der Waals surface area (Å²) in [5.74, 6) is -0.123. The van der Waals surface area contributed by atoms with E-state index in [1.54, 1.807) is 34.9 Å². The quantitative estimate of drug-likeness (QED) is 0.269. The lowest BCUT2D eigenvalue weighted by Crippen LogP contribution is -2.32. The van der Waals surface area contributed by atoms with E-state index in [1.165, 1.54) is 11.8 Å². The Bertz CT molecular complexity index is 1300. The molecule has 0 unspecified atom stereocenters. The van der Waals surface area contributed by atoms with Crippen molar-refractivity contribution in [2.24, 2.45) is 0 Å². The fourth-order valence-corrected chi connectivity index (χ4v) is 5.46. The number of carbonyl (C=O) groups is 2. The van der Waals surface area contributed by atoms with Gasteiger partial charge in [-0.3, -0.25) is 19.0 Å². The highest BCUT2D eigenvalue weighted by molar-refractivity contribution is 7.99. The molecule has 9 heteroatoms. The zero-order valence-corrected chi connectivity index (χ0v) is 20.8. The topological polar surface area (TPSA) is 99.5 Å². The maximum Gasteiger partial charge on any atom is 0.262 e. The molecule has 0 bridgehead atoms. The summed E-state index contributed by atoms with van der Waals surface area (Å²) in [4.78, 5) is 43.7. The van der Waals surface area contributed by atoms with Crippen molar-refractivity contribution in [3.63, 3.8) is 0 Å². The number of ketones is 1. The summed E-state index contributed by atoms with van der Waals surface area (Å²) >= 11 is 1.23. The van der Waals surface area contributed by atoms with Crippen LogP contribution < -0.4 is 10.9 Å². The molecule has 2 atom stereocenters. The van der Waals surface area contributed by atoms with Gasteiger partial charge in [-0.15, -0.1) is 0 Å². The first-order valence-electron chi connectivity index (χ1n) is 12.4. The van der Waals surface area contributed by atoms with Gasteiger partial charge in [0.25, 0.3) is 11.5 Å². The minimum atomic E-state index is -0.230. The number of Topliss-reactive ketones (excluding diaryl/α,β-unsaturated/α-hetero) is 1. The standard InChI is InChI=1S/C27H29N3O5S/c31-24(18-6-2-1-3-7-18)17-36-27-29-23-14-19(25(32)28-15-20-8-4-12-34-20)10-11-22(23)26(33)30(27)16-21-9-5-13-35-21/h1-3,6-7,10-11,14,20-21H,4-5,8-9,12-13,15-17H2,(H,28,32)/t20-,21+/m1/s1. The van der Waals surface area contributed by atoms with Crippen LogP contribution in [-0.2, 0) is 16.0 Å². The summed E-state index contributed by atoms with van der Waals surface area (Å²) in [5.41, 5.74) is 1.28. The second-order valence-electron chi connectivity index (χ2n) is 9.10. The zero-order chi connectivity index (χ0) is 24.9. The van der Waals surface area contributed by atoms with E-state index in [4.69, 9.17) is 14.5 Å². The van der Waals surface area contributed by atoms with Gasteiger partial charge in [0.1, 0.15) is 0 Å². The first-order chi connectivity index (χ1) is 17.6. The highest BCUT2D eigenvalue weighted by atomic mass is 32.2. The summed E-state index contributed by atoms with van der Waals surface area (Å²) in [6.07, 6.45) is 3.76. The van der Waals surface area contributed by atoms with E-state index in [0.29, 0.717) is 46.9 Å². The Balaban J connectivity index is 1.41. The summed E-state index contributed by atoms with van der Waals surface area (Å²) in [6, 6.07) is 14.0. The highest BCUT2D eigenvalue weighted by Crippen LogP contribution is 2.23. The van der Waals surface area contributed by atoms with E-state index in [-0.39, 0.29) is 35.2 Å². The predicted octanol–water partition coefficient (Wildman–Crippen LogP) is 3.46. The van der Waals surface area contributed by atoms with Crippen LogP contribution in [0.2, 0.25) is 0 Å². The second-order valence-corrected chi connectivity index (χ2v) is 10.0. The van der Waals surface area contributed by atoms with E-state index < -0.39 is 0 Å². The normalized spacial score (nSPS) is 19.6. The van der Waals surface area contributed by atoms with E-state index in [9.17, 15) is 14.4 Å². The van der Waals surface area contributed by atoms with Gasteiger partial charge in [0, 0.05) is 30.9 Å². The average molecular weight is 508 g/mol. The molecule has 2 aliphatic rings. The molecule has 1 aromatic heterocycles. The lowest BCUT2D eigenvalue weighted by atomic mass is 10.1. The van der Waals surface area contributed by atoms with E-state index in [0.717, 1.165) is 32.3 Å². The van der Waals surface area contributed by atoms with Crippen LogP contribution in [0.3, 0.4) is 0 Å². The van der Waals surface area contributed by atoms with E-state index in [2.05, 4.69) is 5.32 Å². The van der Waals surface area contributed by atoms with Crippen LogP contribution in [0.15, 0.2) is 58.5 Å². The molecule has 2 saturated heterocycles. The fraction of sp³-hybridized carbons (Fsp3) is 0.407. The van der Waals surface area contributed by atoms with Crippen molar-refractivity contribution in [1.29, 1.82) is 0 Å². The number of rotatable bonds is 9. The molecular weight excluding hydrogens is 478 g/mol. The van der Waals surface area contributed by atoms with Crippen LogP contribution in [0.5, 0.6) is 0 Å². The molecule has 3 aromatic rings. The monoisotopic (exact) mass is 507 g/mol. The molecular formula is C27H29N3O5S. The van der Waals surface area contributed by atoms with Crippen LogP contribution >= 0.6 is 11.8 Å². The average Bonchev–Trinajstić information content (AvgIpc) is 3.62. The summed E-state index contributed by atoms with van der Waals surface area (Å²) < 4.78 is 13.0. The number of carbonyl (C=O) groups excluding carboxylic acids is 2. The Labute approximate surface area is 213 Å². The van der Waals surface area contributed by atoms with Gasteiger partial charge in [0.15, 0.2) is 10.9 Å². The van der Waals surface area contributed by atoms with Crippen molar-refractivity contribution >= 4 is 34.4 Å². The van der Waals surface area contributed by atoms with Crippen molar-refractivity contribution in [2.75, 3.05) is 25.5 Å². The Morgan fingerprint density at radius 1 is 1.00 bits per heavy atom. The van der Waals surface area contributed by atoms with Crippen LogP contribution in [0, 0.1) is 0 Å². The molecule has 188 valence electrons. The minimum Gasteiger partial charge on any atom is -0.376 e. The van der Waals surface area contributed by atoms with Gasteiger partial charge in [-0.05, 0) is 43.9 Å². The van der Waals surface area contributed by atoms with Crippen LogP contribution in [0.25, 0.3) is 10.9 Å². The molecule has 2 aromatic carbocycles. The van der Waals surface area contributed by atoms with Crippen LogP contribution in [0.4, 0.5) is 0 Å². The predicted molar refractivity (Wildman–Crippen MR) is 138 cm³/mol. The van der Waals surface area contributed by atoms with Gasteiger partial charge in [-0.2, -0.15) is 0 Å². The molecule has 0 radical (unpaired) electrons. The summed E-state index contributed by atoms with van der Waals surface area (Å²) in [6.45, 7) is 2.24. The maximum atomic E-state index is 13.5. The summed E-state index contributed by atoms with van der Waals surface area (Å²) in [5, 5.41) is 3.79. The minimum absolute atomic E-state index is 0.0409. The molecule has 0 saturated carbocycles. The number of nitrogens with zero attached hydrogens (tertiary/aromatic N) is 2. The molecule has 1 amide bonds. The van der Waals surface area contributed by atoms with Gasteiger partial charge in [-0.1, -0.05) is 42.1 Å². The molecule has 8 nitrogen and oxygen atoms in total. The fourth-order valence-electron chi connectivity index (χ4n) is 4.56. The Kier molecular flexibility index (Phi) is 7.79. The number of nitrogens with one attached hydrogen (secondary N) is 1. The molecule has 1 N–H and O–H groups in total. The molecule has 5 rings (SSSR count). The molecule has 36 heavy (non-hydrogen) atoms. The Morgan fingerprint density at radius 2 is 1.75 bits per heavy atom. The lowest BCUT2D eigenvalue weighted by molar-refractivity contribution is 0.0857. The molecule has 3 heterocycles. The van der Waals surface area contributed by atoms with E-state index >= 15 is 0 Å². The van der Waals surface area contributed by atoms with Crippen molar-refractivity contribution in [3.8, 4) is 0 Å². The van der Waals surface area contributed by atoms with Crippen molar-refractivity contribution in [2.45, 2.75) is 49.6 Å². The van der Waals surface area contributed by atoms with Gasteiger partial charge in [0.05, 0.1) is 35.4 Å². The Morgan fingerprint density at radius 3 is 2.47 bits per heavy atom. The zero-order valence-electron chi connectivity index (χ0n) is 20.0. The van der Waals surface area contributed by atoms with Gasteiger partial charge in [-0.25, -0.2) is 4.98 Å².